The summed E-state index contributed by atoms with van der Waals surface area (Å²) in [4.78, 5) is 20.2. The molecule has 1 aromatic carbocycles. The van der Waals surface area contributed by atoms with Gasteiger partial charge in [0.2, 0.25) is 0 Å². The van der Waals surface area contributed by atoms with Gasteiger partial charge in [0.25, 0.3) is 0 Å². The number of aryl methyl sites for hydroxylation is 1. The number of aromatic nitrogens is 2. The highest BCUT2D eigenvalue weighted by atomic mass is 16.1. The highest BCUT2D eigenvalue weighted by Crippen LogP contribution is 2.34. The summed E-state index contributed by atoms with van der Waals surface area (Å²) in [6.07, 6.45) is 11.0. The van der Waals surface area contributed by atoms with Crippen molar-refractivity contribution in [3.63, 3.8) is 0 Å². The fraction of sp³-hybridized carbons (Fsp3) is 0.417. The number of Topliss-reactive ketones (excluding diaryl/α,β-unsaturated/α-hetero) is 1. The number of hydrogen-bond donors (Lipinski definition) is 1. The Labute approximate surface area is 171 Å². The summed E-state index contributed by atoms with van der Waals surface area (Å²) in [6.45, 7) is 5.30. The van der Waals surface area contributed by atoms with Crippen LogP contribution >= 0.6 is 0 Å². The van der Waals surface area contributed by atoms with Crippen LogP contribution in [0.25, 0.3) is 17.7 Å². The van der Waals surface area contributed by atoms with Crippen LogP contribution in [0.3, 0.4) is 0 Å². The van der Waals surface area contributed by atoms with Crippen molar-refractivity contribution in [2.45, 2.75) is 44.8 Å². The number of piperazine rings is 1. The number of imidazole rings is 1. The Kier molecular flexibility index (Phi) is 3.81. The van der Waals surface area contributed by atoms with Gasteiger partial charge in [0.1, 0.15) is 5.82 Å². The minimum absolute atomic E-state index is 0.194. The number of rotatable bonds is 2. The van der Waals surface area contributed by atoms with Crippen molar-refractivity contribution in [1.82, 2.24) is 14.9 Å². The molecule has 0 spiro atoms. The Balaban J connectivity index is 1.35. The van der Waals surface area contributed by atoms with Crippen LogP contribution in [0.5, 0.6) is 0 Å². The van der Waals surface area contributed by atoms with E-state index in [0.717, 1.165) is 48.7 Å². The Hall–Kier alpha value is -2.66. The summed E-state index contributed by atoms with van der Waals surface area (Å²) in [5, 5.41) is 3.57. The lowest BCUT2D eigenvalue weighted by Crippen LogP contribution is -2.43. The van der Waals surface area contributed by atoms with Gasteiger partial charge in [0.05, 0.1) is 5.69 Å². The van der Waals surface area contributed by atoms with E-state index in [1.165, 1.54) is 17.7 Å². The molecule has 2 aromatic rings. The first kappa shape index (κ1) is 17.2. The molecule has 5 heteroatoms. The molecule has 0 radical (unpaired) electrons. The maximum Gasteiger partial charge on any atom is 0.165 e. The van der Waals surface area contributed by atoms with Crippen LogP contribution in [0.15, 0.2) is 30.5 Å². The quantitative estimate of drug-likeness (QED) is 0.862. The lowest BCUT2D eigenvalue weighted by atomic mass is 10.0. The van der Waals surface area contributed by atoms with Crippen molar-refractivity contribution in [1.29, 1.82) is 0 Å². The van der Waals surface area contributed by atoms with E-state index in [1.54, 1.807) is 0 Å². The van der Waals surface area contributed by atoms with Crippen LogP contribution in [0.1, 0.15) is 42.4 Å². The third-order valence-electron chi connectivity index (χ3n) is 6.88. The molecular formula is C24H26N4O. The Morgan fingerprint density at radius 1 is 1.21 bits per heavy atom. The van der Waals surface area contributed by atoms with E-state index in [9.17, 15) is 4.79 Å². The minimum Gasteiger partial charge on any atom is -0.366 e. The van der Waals surface area contributed by atoms with E-state index in [1.807, 2.05) is 6.20 Å². The van der Waals surface area contributed by atoms with Gasteiger partial charge in [0, 0.05) is 55.6 Å². The zero-order valence-electron chi connectivity index (χ0n) is 16.8. The van der Waals surface area contributed by atoms with Crippen molar-refractivity contribution in [3.8, 4) is 0 Å². The van der Waals surface area contributed by atoms with E-state index in [-0.39, 0.29) is 5.78 Å². The average Bonchev–Trinajstić information content (AvgIpc) is 3.43. The third-order valence-corrected chi connectivity index (χ3v) is 6.88. The smallest absolute Gasteiger partial charge is 0.165 e. The van der Waals surface area contributed by atoms with Crippen LogP contribution < -0.4 is 10.2 Å². The normalized spacial score (nSPS) is 27.6. The summed E-state index contributed by atoms with van der Waals surface area (Å²) in [5.41, 5.74) is 5.30. The number of benzene rings is 1. The average molecular weight is 386 g/mol. The molecule has 3 aliphatic heterocycles. The van der Waals surface area contributed by atoms with Crippen molar-refractivity contribution < 1.29 is 4.79 Å². The molecule has 5 nitrogen and oxygen atoms in total. The fourth-order valence-corrected chi connectivity index (χ4v) is 5.30. The Morgan fingerprint density at radius 3 is 2.97 bits per heavy atom. The number of hydrogen-bond acceptors (Lipinski definition) is 4. The van der Waals surface area contributed by atoms with Gasteiger partial charge < -0.3 is 14.8 Å². The summed E-state index contributed by atoms with van der Waals surface area (Å²) in [5.74, 6) is 1.64. The van der Waals surface area contributed by atoms with Gasteiger partial charge in [-0.1, -0.05) is 19.1 Å². The molecule has 6 rings (SSSR count). The monoisotopic (exact) mass is 386 g/mol. The Bertz CT molecular complexity index is 1060. The first-order valence-electron chi connectivity index (χ1n) is 10.8. The molecule has 0 amide bonds. The van der Waals surface area contributed by atoms with E-state index in [0.29, 0.717) is 24.4 Å². The van der Waals surface area contributed by atoms with E-state index in [4.69, 9.17) is 4.98 Å². The molecule has 1 aromatic heterocycles. The lowest BCUT2D eigenvalue weighted by molar-refractivity contribution is -0.113. The predicted octanol–water partition coefficient (Wildman–Crippen LogP) is 3.15. The highest BCUT2D eigenvalue weighted by Gasteiger charge is 2.37. The predicted molar refractivity (Wildman–Crippen MR) is 116 cm³/mol. The number of carbonyl (C=O) groups is 1. The number of ketones is 1. The molecule has 0 saturated carbocycles. The second-order valence-corrected chi connectivity index (χ2v) is 8.98. The molecular weight excluding hydrogens is 360 g/mol. The second kappa shape index (κ2) is 6.42. The second-order valence-electron chi connectivity index (χ2n) is 8.98. The molecule has 2 bridgehead atoms. The summed E-state index contributed by atoms with van der Waals surface area (Å²) < 4.78 is 2.17. The standard InChI is InChI=1S/C24H26N4O/c1-15-2-7-24-26-22(14-27(24)12-15)21-9-17-3-5-19(8-16(17)4-6-23(21)29)28-13-18-10-20(28)11-25-18/h2-3,5,7-9,14-15,18,20,25H,4,6,10-13H2,1H3/t15?,18-,20-/m0/s1. The minimum atomic E-state index is 0.194. The van der Waals surface area contributed by atoms with Crippen LogP contribution in [-0.4, -0.2) is 40.5 Å². The maximum absolute atomic E-state index is 13.0. The van der Waals surface area contributed by atoms with Crippen molar-refractivity contribution in [3.05, 3.63) is 53.1 Å². The van der Waals surface area contributed by atoms with Crippen LogP contribution in [-0.2, 0) is 17.8 Å². The van der Waals surface area contributed by atoms with E-state index in [2.05, 4.69) is 58.1 Å². The topological polar surface area (TPSA) is 50.2 Å². The summed E-state index contributed by atoms with van der Waals surface area (Å²) in [6, 6.07) is 7.98. The SMILES string of the molecule is CC1C=Cc2nc(C3=Cc4ccc(N5C[C@@H]6C[C@H]5CN6)cc4CCC3=O)cn2C1. The third kappa shape index (κ3) is 2.87. The van der Waals surface area contributed by atoms with Gasteiger partial charge >= 0.3 is 0 Å². The van der Waals surface area contributed by atoms with Crippen LogP contribution in [0.4, 0.5) is 5.69 Å². The van der Waals surface area contributed by atoms with Crippen molar-refractivity contribution in [2.24, 2.45) is 5.92 Å². The van der Waals surface area contributed by atoms with E-state index < -0.39 is 0 Å². The summed E-state index contributed by atoms with van der Waals surface area (Å²) >= 11 is 0. The van der Waals surface area contributed by atoms with Crippen molar-refractivity contribution >= 4 is 29.2 Å². The summed E-state index contributed by atoms with van der Waals surface area (Å²) in [7, 11) is 0. The van der Waals surface area contributed by atoms with Crippen LogP contribution in [0.2, 0.25) is 0 Å². The number of allylic oxidation sites excluding steroid dienone is 2. The maximum atomic E-state index is 13.0. The van der Waals surface area contributed by atoms with Crippen molar-refractivity contribution in [2.75, 3.05) is 18.0 Å². The zero-order chi connectivity index (χ0) is 19.5. The highest BCUT2D eigenvalue weighted by molar-refractivity contribution is 6.25. The fourth-order valence-electron chi connectivity index (χ4n) is 5.30. The molecule has 1 N–H and O–H groups in total. The molecule has 148 valence electrons. The van der Waals surface area contributed by atoms with Crippen LogP contribution in [0, 0.1) is 5.92 Å². The van der Waals surface area contributed by atoms with E-state index >= 15 is 0 Å². The number of anilines is 1. The zero-order valence-corrected chi connectivity index (χ0v) is 16.8. The number of nitrogens with zero attached hydrogens (tertiary/aromatic N) is 3. The molecule has 2 fully saturated rings. The molecule has 4 heterocycles. The Morgan fingerprint density at radius 2 is 2.14 bits per heavy atom. The number of fused-ring (bicyclic) bond motifs is 4. The molecule has 2 saturated heterocycles. The molecule has 4 aliphatic rings. The first-order valence-corrected chi connectivity index (χ1v) is 10.8. The number of nitrogens with one attached hydrogen (secondary N) is 1. The largest absolute Gasteiger partial charge is 0.366 e. The first-order chi connectivity index (χ1) is 14.1. The molecule has 1 unspecified atom stereocenters. The lowest BCUT2D eigenvalue weighted by Gasteiger charge is -2.30. The molecule has 3 atom stereocenters. The van der Waals surface area contributed by atoms with Gasteiger partial charge in [-0.25, -0.2) is 4.98 Å². The van der Waals surface area contributed by atoms with Gasteiger partial charge in [-0.15, -0.1) is 0 Å². The molecule has 1 aliphatic carbocycles. The van der Waals surface area contributed by atoms with Gasteiger partial charge in [-0.05, 0) is 54.2 Å². The molecule has 29 heavy (non-hydrogen) atoms. The van der Waals surface area contributed by atoms with Gasteiger partial charge in [-0.3, -0.25) is 4.79 Å². The van der Waals surface area contributed by atoms with Gasteiger partial charge in [-0.2, -0.15) is 0 Å². The van der Waals surface area contributed by atoms with Gasteiger partial charge in [0.15, 0.2) is 5.78 Å². The number of carbonyl (C=O) groups excluding carboxylic acids is 1.